The van der Waals surface area contributed by atoms with Crippen molar-refractivity contribution in [2.75, 3.05) is 0 Å². The van der Waals surface area contributed by atoms with E-state index in [-0.39, 0.29) is 12.3 Å². The van der Waals surface area contributed by atoms with Crippen molar-refractivity contribution >= 4 is 17.3 Å². The van der Waals surface area contributed by atoms with Crippen LogP contribution in [-0.2, 0) is 6.61 Å². The molecule has 5 nitrogen and oxygen atoms in total. The molecule has 0 N–H and O–H groups in total. The summed E-state index contributed by atoms with van der Waals surface area (Å²) >= 11 is 5.77. The number of rotatable bonds is 4. The number of hydrogen-bond donors (Lipinski definition) is 0. The maximum Gasteiger partial charge on any atom is 0.276 e. The summed E-state index contributed by atoms with van der Waals surface area (Å²) in [5.41, 5.74) is 1.20. The van der Waals surface area contributed by atoms with Crippen LogP contribution in [0.3, 0.4) is 0 Å². The minimum atomic E-state index is -0.431. The summed E-state index contributed by atoms with van der Waals surface area (Å²) in [6.45, 7) is 1.86. The van der Waals surface area contributed by atoms with Crippen LogP contribution in [0.15, 0.2) is 36.4 Å². The van der Waals surface area contributed by atoms with Gasteiger partial charge in [-0.1, -0.05) is 23.7 Å². The van der Waals surface area contributed by atoms with Crippen LogP contribution in [0.5, 0.6) is 5.75 Å². The number of pyridine rings is 1. The Bertz CT molecular complexity index is 617. The van der Waals surface area contributed by atoms with E-state index in [1.54, 1.807) is 37.3 Å². The van der Waals surface area contributed by atoms with Gasteiger partial charge in [0.2, 0.25) is 0 Å². The summed E-state index contributed by atoms with van der Waals surface area (Å²) in [6, 6.07) is 9.94. The van der Waals surface area contributed by atoms with E-state index in [0.717, 1.165) is 0 Å². The standard InChI is InChI=1S/C13H11ClN2O3/c1-9-11(16(17)18)5-3-6-12(9)19-8-10-4-2-7-13(14)15-10/h2-7H,8H2,1H3. The van der Waals surface area contributed by atoms with Gasteiger partial charge >= 0.3 is 0 Å². The molecule has 0 atom stereocenters. The minimum Gasteiger partial charge on any atom is -0.487 e. The van der Waals surface area contributed by atoms with Crippen molar-refractivity contribution in [3.05, 3.63) is 62.9 Å². The number of nitro benzene ring substituents is 1. The molecule has 0 fully saturated rings. The smallest absolute Gasteiger partial charge is 0.276 e. The Morgan fingerprint density at radius 1 is 1.32 bits per heavy atom. The second-order valence-electron chi connectivity index (χ2n) is 3.90. The summed E-state index contributed by atoms with van der Waals surface area (Å²) in [5.74, 6) is 0.468. The maximum absolute atomic E-state index is 10.8. The van der Waals surface area contributed by atoms with Crippen molar-refractivity contribution in [2.24, 2.45) is 0 Å². The van der Waals surface area contributed by atoms with Crippen LogP contribution in [0.4, 0.5) is 5.69 Å². The molecule has 2 rings (SSSR count). The number of nitrogens with zero attached hydrogens (tertiary/aromatic N) is 2. The van der Waals surface area contributed by atoms with Gasteiger partial charge in [-0.3, -0.25) is 10.1 Å². The lowest BCUT2D eigenvalue weighted by Crippen LogP contribution is -2.01. The Morgan fingerprint density at radius 3 is 2.74 bits per heavy atom. The second-order valence-corrected chi connectivity index (χ2v) is 4.28. The highest BCUT2D eigenvalue weighted by Crippen LogP contribution is 2.27. The van der Waals surface area contributed by atoms with Gasteiger partial charge in [-0.05, 0) is 25.1 Å². The predicted molar refractivity (Wildman–Crippen MR) is 71.4 cm³/mol. The molecule has 0 spiro atoms. The molecular formula is C13H11ClN2O3. The molecule has 0 aliphatic heterocycles. The van der Waals surface area contributed by atoms with Gasteiger partial charge in [-0.2, -0.15) is 0 Å². The van der Waals surface area contributed by atoms with E-state index in [1.165, 1.54) is 6.07 Å². The highest BCUT2D eigenvalue weighted by molar-refractivity contribution is 6.29. The van der Waals surface area contributed by atoms with Gasteiger partial charge in [-0.25, -0.2) is 4.98 Å². The topological polar surface area (TPSA) is 65.3 Å². The van der Waals surface area contributed by atoms with E-state index in [1.807, 2.05) is 0 Å². The van der Waals surface area contributed by atoms with Gasteiger partial charge in [0.15, 0.2) is 0 Å². The molecule has 0 aliphatic carbocycles. The number of benzene rings is 1. The first-order chi connectivity index (χ1) is 9.08. The van der Waals surface area contributed by atoms with Crippen LogP contribution >= 0.6 is 11.6 Å². The van der Waals surface area contributed by atoms with Crippen LogP contribution in [0, 0.1) is 17.0 Å². The van der Waals surface area contributed by atoms with E-state index < -0.39 is 4.92 Å². The number of nitro groups is 1. The molecule has 0 amide bonds. The van der Waals surface area contributed by atoms with Gasteiger partial charge in [0, 0.05) is 6.07 Å². The van der Waals surface area contributed by atoms with E-state index >= 15 is 0 Å². The van der Waals surface area contributed by atoms with Crippen molar-refractivity contribution < 1.29 is 9.66 Å². The van der Waals surface area contributed by atoms with Gasteiger partial charge < -0.3 is 4.74 Å². The third kappa shape index (κ3) is 3.20. The highest BCUT2D eigenvalue weighted by Gasteiger charge is 2.14. The molecule has 98 valence electrons. The number of aromatic nitrogens is 1. The number of hydrogen-bond acceptors (Lipinski definition) is 4. The largest absolute Gasteiger partial charge is 0.487 e. The van der Waals surface area contributed by atoms with Crippen molar-refractivity contribution in [3.63, 3.8) is 0 Å². The zero-order valence-electron chi connectivity index (χ0n) is 10.2. The molecule has 1 heterocycles. The van der Waals surface area contributed by atoms with Crippen LogP contribution in [0.1, 0.15) is 11.3 Å². The van der Waals surface area contributed by atoms with Gasteiger partial charge in [-0.15, -0.1) is 0 Å². The normalized spacial score (nSPS) is 10.2. The monoisotopic (exact) mass is 278 g/mol. The Kier molecular flexibility index (Phi) is 3.97. The van der Waals surface area contributed by atoms with E-state index in [2.05, 4.69) is 4.98 Å². The molecule has 0 radical (unpaired) electrons. The molecule has 0 saturated carbocycles. The van der Waals surface area contributed by atoms with Crippen molar-refractivity contribution in [1.29, 1.82) is 0 Å². The molecular weight excluding hydrogens is 268 g/mol. The van der Waals surface area contributed by atoms with Crippen LogP contribution in [0.25, 0.3) is 0 Å². The summed E-state index contributed by atoms with van der Waals surface area (Å²) in [7, 11) is 0. The highest BCUT2D eigenvalue weighted by atomic mass is 35.5. The molecule has 19 heavy (non-hydrogen) atoms. The second kappa shape index (κ2) is 5.67. The molecule has 1 aromatic heterocycles. The Balaban J connectivity index is 2.16. The van der Waals surface area contributed by atoms with E-state index in [4.69, 9.17) is 16.3 Å². The van der Waals surface area contributed by atoms with Crippen molar-refractivity contribution in [2.45, 2.75) is 13.5 Å². The van der Waals surface area contributed by atoms with Gasteiger partial charge in [0.25, 0.3) is 5.69 Å². The Labute approximate surface area is 115 Å². The van der Waals surface area contributed by atoms with E-state index in [9.17, 15) is 10.1 Å². The van der Waals surface area contributed by atoms with E-state index in [0.29, 0.717) is 22.2 Å². The zero-order chi connectivity index (χ0) is 13.8. The Hall–Kier alpha value is -2.14. The lowest BCUT2D eigenvalue weighted by Gasteiger charge is -2.08. The summed E-state index contributed by atoms with van der Waals surface area (Å²) in [5, 5.41) is 11.2. The van der Waals surface area contributed by atoms with Crippen molar-refractivity contribution in [3.8, 4) is 5.75 Å². The first-order valence-electron chi connectivity index (χ1n) is 5.56. The average molecular weight is 279 g/mol. The minimum absolute atomic E-state index is 0.0385. The van der Waals surface area contributed by atoms with Crippen LogP contribution in [0.2, 0.25) is 5.15 Å². The number of ether oxygens (including phenoxy) is 1. The molecule has 0 aliphatic rings. The maximum atomic E-state index is 10.8. The molecule has 0 bridgehead atoms. The summed E-state index contributed by atoms with van der Waals surface area (Å²) in [4.78, 5) is 14.5. The molecule has 0 saturated heterocycles. The fraction of sp³-hybridized carbons (Fsp3) is 0.154. The fourth-order valence-corrected chi connectivity index (χ4v) is 1.82. The SMILES string of the molecule is Cc1c(OCc2cccc(Cl)n2)cccc1[N+](=O)[O-]. The molecule has 2 aromatic rings. The molecule has 6 heteroatoms. The predicted octanol–water partition coefficient (Wildman–Crippen LogP) is 3.53. The first-order valence-corrected chi connectivity index (χ1v) is 5.94. The zero-order valence-corrected chi connectivity index (χ0v) is 10.9. The molecule has 0 unspecified atom stereocenters. The lowest BCUT2D eigenvalue weighted by atomic mass is 10.2. The summed E-state index contributed by atoms with van der Waals surface area (Å²) in [6.07, 6.45) is 0. The third-order valence-corrected chi connectivity index (χ3v) is 2.81. The van der Waals surface area contributed by atoms with Crippen LogP contribution < -0.4 is 4.74 Å². The quantitative estimate of drug-likeness (QED) is 0.487. The number of halogens is 1. The first kappa shape index (κ1) is 13.3. The van der Waals surface area contributed by atoms with Crippen molar-refractivity contribution in [1.82, 2.24) is 4.98 Å². The van der Waals surface area contributed by atoms with Gasteiger partial charge in [0.1, 0.15) is 17.5 Å². The Morgan fingerprint density at radius 2 is 2.05 bits per heavy atom. The van der Waals surface area contributed by atoms with Gasteiger partial charge in [0.05, 0.1) is 16.2 Å². The third-order valence-electron chi connectivity index (χ3n) is 2.60. The van der Waals surface area contributed by atoms with Crippen LogP contribution in [-0.4, -0.2) is 9.91 Å². The summed E-state index contributed by atoms with van der Waals surface area (Å²) < 4.78 is 5.54. The average Bonchev–Trinajstić information content (AvgIpc) is 2.37. The molecule has 1 aromatic carbocycles. The lowest BCUT2D eigenvalue weighted by molar-refractivity contribution is -0.385. The fourth-order valence-electron chi connectivity index (χ4n) is 1.64.